The van der Waals surface area contributed by atoms with E-state index in [4.69, 9.17) is 16.3 Å². The van der Waals surface area contributed by atoms with E-state index in [1.807, 2.05) is 30.3 Å². The molecule has 2 heterocycles. The first-order valence-corrected chi connectivity index (χ1v) is 11.0. The Balaban J connectivity index is 1.47. The molecule has 0 spiro atoms. The van der Waals surface area contributed by atoms with Gasteiger partial charge in [-0.05, 0) is 43.2 Å². The number of benzene rings is 2. The zero-order chi connectivity index (χ0) is 21.1. The molecule has 1 saturated heterocycles. The number of nitrogens with zero attached hydrogens (tertiary/aromatic N) is 2. The Kier molecular flexibility index (Phi) is 6.29. The first kappa shape index (κ1) is 20.8. The van der Waals surface area contributed by atoms with Crippen LogP contribution in [-0.2, 0) is 19.1 Å². The lowest BCUT2D eigenvalue weighted by atomic mass is 10.2. The number of hydrogen-bond donors (Lipinski definition) is 0. The fraction of sp³-hybridized carbons (Fsp3) is 0.318. The van der Waals surface area contributed by atoms with E-state index in [1.54, 1.807) is 23.9 Å². The number of likely N-dealkylation sites (tertiary alicyclic amines) is 1. The molecule has 0 N–H and O–H groups in total. The molecule has 2 aliphatic rings. The highest BCUT2D eigenvalue weighted by Crippen LogP contribution is 2.48. The predicted octanol–water partition coefficient (Wildman–Crippen LogP) is 4.42. The topological polar surface area (TPSA) is 66.9 Å². The van der Waals surface area contributed by atoms with Gasteiger partial charge in [0.25, 0.3) is 5.91 Å². The van der Waals surface area contributed by atoms with Crippen LogP contribution in [0, 0.1) is 0 Å². The summed E-state index contributed by atoms with van der Waals surface area (Å²) in [7, 11) is 0. The standard InChI is InChI=1S/C22H21ClN2O4S/c23-15-9-10-19-17(12-15)25(16-6-3-4-7-18(16)30-19)21(27)14-29-22(28)13-24-11-5-1-2-8-20(24)26/h3-4,6-7,9-10,12H,1-2,5,8,11,13-14H2. The molecule has 2 aromatic carbocycles. The fourth-order valence-electron chi connectivity index (χ4n) is 3.61. The number of anilines is 2. The first-order valence-electron chi connectivity index (χ1n) is 9.86. The maximum absolute atomic E-state index is 13.1. The van der Waals surface area contributed by atoms with Gasteiger partial charge in [-0.25, -0.2) is 0 Å². The summed E-state index contributed by atoms with van der Waals surface area (Å²) in [6, 6.07) is 12.9. The molecule has 8 heteroatoms. The van der Waals surface area contributed by atoms with E-state index in [2.05, 4.69) is 0 Å². The highest BCUT2D eigenvalue weighted by Gasteiger charge is 2.29. The number of carbonyl (C=O) groups excluding carboxylic acids is 3. The van der Waals surface area contributed by atoms with E-state index in [0.717, 1.165) is 34.7 Å². The van der Waals surface area contributed by atoms with Crippen molar-refractivity contribution in [3.8, 4) is 0 Å². The minimum absolute atomic E-state index is 0.0404. The van der Waals surface area contributed by atoms with Crippen LogP contribution in [0.1, 0.15) is 25.7 Å². The lowest BCUT2D eigenvalue weighted by Crippen LogP contribution is -2.38. The first-order chi connectivity index (χ1) is 14.5. The number of halogens is 1. The monoisotopic (exact) mass is 444 g/mol. The van der Waals surface area contributed by atoms with Crippen LogP contribution in [0.2, 0.25) is 5.02 Å². The number of rotatable bonds is 4. The van der Waals surface area contributed by atoms with Crippen LogP contribution in [0.15, 0.2) is 52.3 Å². The Morgan fingerprint density at radius 2 is 1.83 bits per heavy atom. The van der Waals surface area contributed by atoms with Crippen molar-refractivity contribution in [2.45, 2.75) is 35.5 Å². The summed E-state index contributed by atoms with van der Waals surface area (Å²) in [6.45, 7) is 0.0112. The summed E-state index contributed by atoms with van der Waals surface area (Å²) < 4.78 is 5.25. The van der Waals surface area contributed by atoms with Crippen LogP contribution in [0.25, 0.3) is 0 Å². The number of ether oxygens (including phenoxy) is 1. The molecule has 30 heavy (non-hydrogen) atoms. The largest absolute Gasteiger partial charge is 0.454 e. The van der Waals surface area contributed by atoms with Crippen LogP contribution in [0.3, 0.4) is 0 Å². The van der Waals surface area contributed by atoms with E-state index in [0.29, 0.717) is 23.7 Å². The zero-order valence-corrected chi connectivity index (χ0v) is 17.9. The number of carbonyl (C=O) groups is 3. The van der Waals surface area contributed by atoms with Crippen molar-refractivity contribution in [2.24, 2.45) is 0 Å². The lowest BCUT2D eigenvalue weighted by molar-refractivity contribution is -0.151. The zero-order valence-electron chi connectivity index (χ0n) is 16.3. The average Bonchev–Trinajstić information content (AvgIpc) is 2.94. The SMILES string of the molecule is O=C(CN1CCCCCC1=O)OCC(=O)N1c2ccccc2Sc2ccc(Cl)cc21. The van der Waals surface area contributed by atoms with E-state index in [-0.39, 0.29) is 18.4 Å². The Morgan fingerprint density at radius 1 is 1.03 bits per heavy atom. The van der Waals surface area contributed by atoms with Gasteiger partial charge in [0.15, 0.2) is 6.61 Å². The fourth-order valence-corrected chi connectivity index (χ4v) is 4.82. The second-order valence-corrected chi connectivity index (χ2v) is 8.72. The molecular weight excluding hydrogens is 424 g/mol. The minimum atomic E-state index is -0.579. The Labute approximate surface area is 184 Å². The van der Waals surface area contributed by atoms with Gasteiger partial charge in [-0.15, -0.1) is 0 Å². The molecular formula is C22H21ClN2O4S. The average molecular weight is 445 g/mol. The Hall–Kier alpha value is -2.51. The highest BCUT2D eigenvalue weighted by atomic mass is 35.5. The lowest BCUT2D eigenvalue weighted by Gasteiger charge is -2.31. The van der Waals surface area contributed by atoms with Crippen LogP contribution in [0.4, 0.5) is 11.4 Å². The van der Waals surface area contributed by atoms with Crippen molar-refractivity contribution in [3.63, 3.8) is 0 Å². The quantitative estimate of drug-likeness (QED) is 0.653. The van der Waals surface area contributed by atoms with Gasteiger partial charge >= 0.3 is 5.97 Å². The number of amides is 2. The summed E-state index contributed by atoms with van der Waals surface area (Å²) in [6.07, 6.45) is 3.14. The molecule has 0 unspecified atom stereocenters. The van der Waals surface area contributed by atoms with Crippen LogP contribution < -0.4 is 4.90 Å². The number of hydrogen-bond acceptors (Lipinski definition) is 5. The third-order valence-corrected chi connectivity index (χ3v) is 6.45. The molecule has 2 aliphatic heterocycles. The van der Waals surface area contributed by atoms with Crippen molar-refractivity contribution >= 4 is 52.5 Å². The molecule has 156 valence electrons. The third-order valence-electron chi connectivity index (χ3n) is 5.09. The molecule has 0 radical (unpaired) electrons. The number of para-hydroxylation sites is 1. The van der Waals surface area contributed by atoms with Crippen LogP contribution >= 0.6 is 23.4 Å². The van der Waals surface area contributed by atoms with Gasteiger partial charge in [-0.2, -0.15) is 0 Å². The van der Waals surface area contributed by atoms with Crippen molar-refractivity contribution in [3.05, 3.63) is 47.5 Å². The molecule has 2 amide bonds. The molecule has 1 fully saturated rings. The van der Waals surface area contributed by atoms with Crippen molar-refractivity contribution in [2.75, 3.05) is 24.6 Å². The van der Waals surface area contributed by atoms with Crippen molar-refractivity contribution < 1.29 is 19.1 Å². The molecule has 0 aliphatic carbocycles. The highest BCUT2D eigenvalue weighted by molar-refractivity contribution is 7.99. The third kappa shape index (κ3) is 4.47. The number of esters is 1. The van der Waals surface area contributed by atoms with E-state index in [9.17, 15) is 14.4 Å². The maximum atomic E-state index is 13.1. The maximum Gasteiger partial charge on any atom is 0.326 e. The molecule has 6 nitrogen and oxygen atoms in total. The normalized spacial score (nSPS) is 15.8. The summed E-state index contributed by atoms with van der Waals surface area (Å²) in [4.78, 5) is 42.3. The second kappa shape index (κ2) is 9.10. The summed E-state index contributed by atoms with van der Waals surface area (Å²) >= 11 is 7.72. The van der Waals surface area contributed by atoms with Crippen molar-refractivity contribution in [1.82, 2.24) is 4.90 Å². The Bertz CT molecular complexity index is 997. The minimum Gasteiger partial charge on any atom is -0.454 e. The van der Waals surface area contributed by atoms with Crippen molar-refractivity contribution in [1.29, 1.82) is 0 Å². The van der Waals surface area contributed by atoms with E-state index < -0.39 is 12.6 Å². The van der Waals surface area contributed by atoms with Gasteiger partial charge in [-0.1, -0.05) is 41.9 Å². The van der Waals surface area contributed by atoms with E-state index >= 15 is 0 Å². The van der Waals surface area contributed by atoms with Gasteiger partial charge in [0.1, 0.15) is 6.54 Å². The summed E-state index contributed by atoms with van der Waals surface area (Å²) in [5, 5.41) is 0.517. The smallest absolute Gasteiger partial charge is 0.326 e. The van der Waals surface area contributed by atoms with Gasteiger partial charge in [0.05, 0.1) is 11.4 Å². The molecule has 0 atom stereocenters. The Morgan fingerprint density at radius 3 is 2.70 bits per heavy atom. The predicted molar refractivity (Wildman–Crippen MR) is 115 cm³/mol. The molecule has 0 aromatic heterocycles. The van der Waals surface area contributed by atoms with Gasteiger partial charge in [0, 0.05) is 27.8 Å². The van der Waals surface area contributed by atoms with Crippen LogP contribution in [0.5, 0.6) is 0 Å². The van der Waals surface area contributed by atoms with Crippen LogP contribution in [-0.4, -0.2) is 42.4 Å². The van der Waals surface area contributed by atoms with Gasteiger partial charge in [-0.3, -0.25) is 19.3 Å². The van der Waals surface area contributed by atoms with Gasteiger partial charge in [0.2, 0.25) is 5.91 Å². The van der Waals surface area contributed by atoms with Gasteiger partial charge < -0.3 is 9.64 Å². The second-order valence-electron chi connectivity index (χ2n) is 7.20. The molecule has 0 saturated carbocycles. The summed E-state index contributed by atoms with van der Waals surface area (Å²) in [5.41, 5.74) is 1.39. The molecule has 0 bridgehead atoms. The van der Waals surface area contributed by atoms with E-state index in [1.165, 1.54) is 9.80 Å². The molecule has 4 rings (SSSR count). The molecule has 2 aromatic rings. The number of fused-ring (bicyclic) bond motifs is 2. The summed E-state index contributed by atoms with van der Waals surface area (Å²) in [5.74, 6) is -0.993.